The van der Waals surface area contributed by atoms with Gasteiger partial charge in [-0.2, -0.15) is 0 Å². The summed E-state index contributed by atoms with van der Waals surface area (Å²) >= 11 is 0. The number of aliphatic hydroxyl groups is 2. The molecule has 0 fully saturated rings. The second kappa shape index (κ2) is 12.5. The molecule has 0 unspecified atom stereocenters. The average molecular weight is 164 g/mol. The highest BCUT2D eigenvalue weighted by atomic mass is 16.5. The van der Waals surface area contributed by atoms with Gasteiger partial charge in [-0.05, 0) is 19.8 Å². The van der Waals surface area contributed by atoms with Gasteiger partial charge in [-0.15, -0.1) is 0 Å². The molecule has 0 radical (unpaired) electrons. The van der Waals surface area contributed by atoms with E-state index in [1.807, 2.05) is 0 Å². The fourth-order valence-electron chi connectivity index (χ4n) is 0.391. The standard InChI is InChI=1S/C6H14O.C2H6O2/c1-3-5-7-6-4-2;1-2(3)4/h3-6H2,1-2H3;2-4H,1H3. The van der Waals surface area contributed by atoms with Crippen LogP contribution < -0.4 is 0 Å². The maximum atomic E-state index is 7.61. The molecule has 2 N–H and O–H groups in total. The first kappa shape index (κ1) is 13.5. The first-order chi connectivity index (χ1) is 5.15. The minimum absolute atomic E-state index is 0.924. The molecule has 0 spiro atoms. The van der Waals surface area contributed by atoms with Crippen molar-refractivity contribution in [2.24, 2.45) is 0 Å². The highest BCUT2D eigenvalue weighted by molar-refractivity contribution is 4.25. The summed E-state index contributed by atoms with van der Waals surface area (Å²) in [6, 6.07) is 0. The van der Waals surface area contributed by atoms with E-state index < -0.39 is 6.29 Å². The molecular formula is C8H20O3. The largest absolute Gasteiger partial charge is 0.381 e. The van der Waals surface area contributed by atoms with E-state index in [2.05, 4.69) is 13.8 Å². The van der Waals surface area contributed by atoms with E-state index in [1.54, 1.807) is 0 Å². The second-order valence-corrected chi connectivity index (χ2v) is 2.24. The van der Waals surface area contributed by atoms with E-state index in [1.165, 1.54) is 6.92 Å². The molecule has 0 saturated heterocycles. The van der Waals surface area contributed by atoms with Crippen molar-refractivity contribution in [1.29, 1.82) is 0 Å². The fraction of sp³-hybridized carbons (Fsp3) is 1.00. The Labute approximate surface area is 69.0 Å². The third-order valence-corrected chi connectivity index (χ3v) is 0.697. The zero-order valence-corrected chi connectivity index (χ0v) is 7.71. The van der Waals surface area contributed by atoms with Gasteiger partial charge < -0.3 is 14.9 Å². The normalized spacial score (nSPS) is 9.27. The van der Waals surface area contributed by atoms with Crippen LogP contribution in [0.3, 0.4) is 0 Å². The summed E-state index contributed by atoms with van der Waals surface area (Å²) in [5.74, 6) is 0. The van der Waals surface area contributed by atoms with Gasteiger partial charge in [0.05, 0.1) is 0 Å². The molecular weight excluding hydrogens is 144 g/mol. The third-order valence-electron chi connectivity index (χ3n) is 0.697. The summed E-state index contributed by atoms with van der Waals surface area (Å²) in [6.45, 7) is 7.37. The Balaban J connectivity index is 0. The SMILES string of the molecule is CC(O)O.CCCOCCC. The van der Waals surface area contributed by atoms with Gasteiger partial charge in [0, 0.05) is 13.2 Å². The van der Waals surface area contributed by atoms with Crippen molar-refractivity contribution in [3.8, 4) is 0 Å². The number of hydrogen-bond donors (Lipinski definition) is 2. The van der Waals surface area contributed by atoms with Crippen LogP contribution in [-0.2, 0) is 4.74 Å². The van der Waals surface area contributed by atoms with Crippen molar-refractivity contribution in [3.05, 3.63) is 0 Å². The monoisotopic (exact) mass is 164 g/mol. The number of rotatable bonds is 4. The molecule has 0 atom stereocenters. The molecule has 0 aromatic rings. The van der Waals surface area contributed by atoms with Gasteiger partial charge in [-0.25, -0.2) is 0 Å². The van der Waals surface area contributed by atoms with Crippen molar-refractivity contribution in [2.75, 3.05) is 13.2 Å². The molecule has 0 heterocycles. The van der Waals surface area contributed by atoms with E-state index in [0.29, 0.717) is 0 Å². The molecule has 0 amide bonds. The molecule has 0 rings (SSSR count). The van der Waals surface area contributed by atoms with Crippen molar-refractivity contribution in [1.82, 2.24) is 0 Å². The predicted octanol–water partition coefficient (Wildman–Crippen LogP) is 1.14. The second-order valence-electron chi connectivity index (χ2n) is 2.24. The van der Waals surface area contributed by atoms with E-state index in [4.69, 9.17) is 14.9 Å². The number of hydrogen-bond acceptors (Lipinski definition) is 3. The highest BCUT2D eigenvalue weighted by Gasteiger charge is 1.77. The van der Waals surface area contributed by atoms with Crippen LogP contribution in [0.1, 0.15) is 33.6 Å². The lowest BCUT2D eigenvalue weighted by atomic mass is 10.5. The summed E-state index contributed by atoms with van der Waals surface area (Å²) in [4.78, 5) is 0. The zero-order chi connectivity index (χ0) is 9.11. The highest BCUT2D eigenvalue weighted by Crippen LogP contribution is 1.81. The Kier molecular flexibility index (Phi) is 15.4. The Morgan fingerprint density at radius 3 is 1.55 bits per heavy atom. The first-order valence-corrected chi connectivity index (χ1v) is 4.09. The minimum atomic E-state index is -1.17. The van der Waals surface area contributed by atoms with Gasteiger partial charge >= 0.3 is 0 Å². The van der Waals surface area contributed by atoms with Crippen LogP contribution in [0.15, 0.2) is 0 Å². The fourth-order valence-corrected chi connectivity index (χ4v) is 0.391. The van der Waals surface area contributed by atoms with Crippen LogP contribution in [-0.4, -0.2) is 29.7 Å². The Hall–Kier alpha value is -0.120. The summed E-state index contributed by atoms with van der Waals surface area (Å²) in [5, 5.41) is 15.2. The molecule has 0 aromatic heterocycles. The predicted molar refractivity (Wildman–Crippen MR) is 45.3 cm³/mol. The van der Waals surface area contributed by atoms with Crippen LogP contribution in [0, 0.1) is 0 Å². The summed E-state index contributed by atoms with van der Waals surface area (Å²) in [5.41, 5.74) is 0. The molecule has 0 saturated carbocycles. The quantitative estimate of drug-likeness (QED) is 0.484. The lowest BCUT2D eigenvalue weighted by Crippen LogP contribution is -1.92. The van der Waals surface area contributed by atoms with Crippen LogP contribution in [0.25, 0.3) is 0 Å². The van der Waals surface area contributed by atoms with Crippen LogP contribution in [0.5, 0.6) is 0 Å². The van der Waals surface area contributed by atoms with Crippen molar-refractivity contribution in [3.63, 3.8) is 0 Å². The van der Waals surface area contributed by atoms with Crippen LogP contribution in [0.2, 0.25) is 0 Å². The first-order valence-electron chi connectivity index (χ1n) is 4.09. The molecule has 70 valence electrons. The summed E-state index contributed by atoms with van der Waals surface area (Å²) < 4.78 is 5.13. The van der Waals surface area contributed by atoms with Gasteiger partial charge in [0.15, 0.2) is 0 Å². The molecule has 0 aromatic carbocycles. The van der Waals surface area contributed by atoms with E-state index in [9.17, 15) is 0 Å². The molecule has 0 aliphatic heterocycles. The van der Waals surface area contributed by atoms with Crippen molar-refractivity contribution in [2.45, 2.75) is 39.9 Å². The number of aliphatic hydroxyl groups excluding tert-OH is 1. The Bertz CT molecular complexity index is 48.5. The van der Waals surface area contributed by atoms with Gasteiger partial charge in [-0.1, -0.05) is 13.8 Å². The van der Waals surface area contributed by atoms with Gasteiger partial charge in [0.25, 0.3) is 0 Å². The van der Waals surface area contributed by atoms with E-state index in [-0.39, 0.29) is 0 Å². The molecule has 0 aliphatic carbocycles. The third kappa shape index (κ3) is 40.8. The maximum absolute atomic E-state index is 7.61. The maximum Gasteiger partial charge on any atom is 0.148 e. The van der Waals surface area contributed by atoms with Gasteiger partial charge in [-0.3, -0.25) is 0 Å². The average Bonchev–Trinajstić information content (AvgIpc) is 1.88. The Morgan fingerprint density at radius 1 is 1.09 bits per heavy atom. The minimum Gasteiger partial charge on any atom is -0.381 e. The molecule has 0 bridgehead atoms. The molecule has 0 aliphatic rings. The lowest BCUT2D eigenvalue weighted by Gasteiger charge is -1.95. The summed E-state index contributed by atoms with van der Waals surface area (Å²) in [7, 11) is 0. The van der Waals surface area contributed by atoms with Crippen LogP contribution in [0.4, 0.5) is 0 Å². The number of ether oxygens (including phenoxy) is 1. The van der Waals surface area contributed by atoms with Gasteiger partial charge in [0.1, 0.15) is 6.29 Å². The Morgan fingerprint density at radius 2 is 1.36 bits per heavy atom. The van der Waals surface area contributed by atoms with Crippen LogP contribution >= 0.6 is 0 Å². The molecule has 3 nitrogen and oxygen atoms in total. The van der Waals surface area contributed by atoms with Gasteiger partial charge in [0.2, 0.25) is 0 Å². The summed E-state index contributed by atoms with van der Waals surface area (Å²) in [6.07, 6.45) is 1.11. The molecule has 11 heavy (non-hydrogen) atoms. The van der Waals surface area contributed by atoms with Crippen molar-refractivity contribution < 1.29 is 14.9 Å². The van der Waals surface area contributed by atoms with E-state index in [0.717, 1.165) is 26.1 Å². The van der Waals surface area contributed by atoms with Crippen molar-refractivity contribution >= 4 is 0 Å². The van der Waals surface area contributed by atoms with E-state index >= 15 is 0 Å². The lowest BCUT2D eigenvalue weighted by molar-refractivity contribution is -0.0228. The smallest absolute Gasteiger partial charge is 0.148 e. The zero-order valence-electron chi connectivity index (χ0n) is 7.71. The topological polar surface area (TPSA) is 49.7 Å². The molecule has 3 heteroatoms.